The SMILES string of the molecule is CCCC(=O)OCC(=O)Nc1scc(-c2ccccc2)c1C(=O)OCC. The molecule has 0 fully saturated rings. The number of anilines is 1. The number of carbonyl (C=O) groups is 3. The van der Waals surface area contributed by atoms with Crippen LogP contribution in [-0.2, 0) is 19.1 Å². The Morgan fingerprint density at radius 2 is 1.81 bits per heavy atom. The van der Waals surface area contributed by atoms with Crippen LogP contribution in [0.3, 0.4) is 0 Å². The molecule has 0 atom stereocenters. The average Bonchev–Trinajstić information content (AvgIpc) is 3.05. The van der Waals surface area contributed by atoms with Gasteiger partial charge >= 0.3 is 11.9 Å². The number of hydrogen-bond donors (Lipinski definition) is 1. The van der Waals surface area contributed by atoms with Gasteiger partial charge in [0.15, 0.2) is 6.61 Å². The van der Waals surface area contributed by atoms with Gasteiger partial charge in [-0.05, 0) is 18.9 Å². The van der Waals surface area contributed by atoms with E-state index in [0.717, 1.165) is 5.56 Å². The van der Waals surface area contributed by atoms with E-state index in [9.17, 15) is 14.4 Å². The van der Waals surface area contributed by atoms with Gasteiger partial charge in [0, 0.05) is 17.4 Å². The van der Waals surface area contributed by atoms with Crippen molar-refractivity contribution in [2.75, 3.05) is 18.5 Å². The summed E-state index contributed by atoms with van der Waals surface area (Å²) in [7, 11) is 0. The molecule has 6 nitrogen and oxygen atoms in total. The van der Waals surface area contributed by atoms with Gasteiger partial charge in [0.1, 0.15) is 10.6 Å². The lowest BCUT2D eigenvalue weighted by Gasteiger charge is -2.09. The van der Waals surface area contributed by atoms with Gasteiger partial charge in [-0.2, -0.15) is 0 Å². The van der Waals surface area contributed by atoms with E-state index in [-0.39, 0.29) is 19.6 Å². The van der Waals surface area contributed by atoms with Crippen molar-refractivity contribution < 1.29 is 23.9 Å². The number of esters is 2. The van der Waals surface area contributed by atoms with E-state index < -0.39 is 17.8 Å². The highest BCUT2D eigenvalue weighted by Crippen LogP contribution is 2.36. The quantitative estimate of drug-likeness (QED) is 0.708. The minimum Gasteiger partial charge on any atom is -0.462 e. The molecule has 2 aromatic rings. The minimum absolute atomic E-state index is 0.227. The maximum atomic E-state index is 12.4. The standard InChI is InChI=1S/C19H21NO5S/c1-3-8-16(22)25-11-15(21)20-18-17(19(23)24-4-2)14(12-26-18)13-9-6-5-7-10-13/h5-7,9-10,12H,3-4,8,11H2,1-2H3,(H,20,21). The fourth-order valence-corrected chi connectivity index (χ4v) is 3.24. The summed E-state index contributed by atoms with van der Waals surface area (Å²) in [6, 6.07) is 9.37. The van der Waals surface area contributed by atoms with Crippen LogP contribution >= 0.6 is 11.3 Å². The summed E-state index contributed by atoms with van der Waals surface area (Å²) in [5, 5.41) is 4.80. The van der Waals surface area contributed by atoms with Crippen LogP contribution in [0.25, 0.3) is 11.1 Å². The Morgan fingerprint density at radius 3 is 2.46 bits per heavy atom. The first-order valence-electron chi connectivity index (χ1n) is 8.36. The minimum atomic E-state index is -0.508. The molecular formula is C19H21NO5S. The normalized spacial score (nSPS) is 10.2. The van der Waals surface area contributed by atoms with Crippen molar-refractivity contribution >= 4 is 34.2 Å². The lowest BCUT2D eigenvalue weighted by Crippen LogP contribution is -2.21. The van der Waals surface area contributed by atoms with Crippen LogP contribution < -0.4 is 5.32 Å². The highest BCUT2D eigenvalue weighted by atomic mass is 32.1. The molecule has 0 radical (unpaired) electrons. The van der Waals surface area contributed by atoms with Crippen molar-refractivity contribution in [1.82, 2.24) is 0 Å². The Balaban J connectivity index is 2.20. The summed E-state index contributed by atoms with van der Waals surface area (Å²) in [5.74, 6) is -1.43. The Morgan fingerprint density at radius 1 is 1.08 bits per heavy atom. The predicted octanol–water partition coefficient (Wildman–Crippen LogP) is 3.87. The Bertz CT molecular complexity index is 769. The van der Waals surface area contributed by atoms with Crippen LogP contribution in [0.2, 0.25) is 0 Å². The Kier molecular flexibility index (Phi) is 7.35. The van der Waals surface area contributed by atoms with E-state index in [2.05, 4.69) is 5.32 Å². The first-order chi connectivity index (χ1) is 12.6. The van der Waals surface area contributed by atoms with Crippen LogP contribution in [0.4, 0.5) is 5.00 Å². The van der Waals surface area contributed by atoms with E-state index >= 15 is 0 Å². The average molecular weight is 375 g/mol. The predicted molar refractivity (Wildman–Crippen MR) is 100 cm³/mol. The van der Waals surface area contributed by atoms with E-state index in [4.69, 9.17) is 9.47 Å². The molecule has 0 aliphatic rings. The molecule has 1 N–H and O–H groups in total. The molecule has 2 rings (SSSR count). The number of hydrogen-bond acceptors (Lipinski definition) is 6. The molecule has 7 heteroatoms. The molecule has 0 spiro atoms. The fraction of sp³-hybridized carbons (Fsp3) is 0.316. The van der Waals surface area contributed by atoms with Gasteiger partial charge in [0.25, 0.3) is 5.91 Å². The highest BCUT2D eigenvalue weighted by Gasteiger charge is 2.23. The molecule has 1 amide bonds. The number of rotatable bonds is 8. The van der Waals surface area contributed by atoms with Crippen molar-refractivity contribution in [2.45, 2.75) is 26.7 Å². The summed E-state index contributed by atoms with van der Waals surface area (Å²) in [5.41, 5.74) is 1.84. The molecule has 0 aliphatic heterocycles. The van der Waals surface area contributed by atoms with E-state index in [0.29, 0.717) is 22.5 Å². The molecule has 1 aromatic heterocycles. The molecule has 0 unspecified atom stereocenters. The smallest absolute Gasteiger partial charge is 0.341 e. The number of ether oxygens (including phenoxy) is 2. The molecule has 0 bridgehead atoms. The lowest BCUT2D eigenvalue weighted by atomic mass is 10.0. The zero-order chi connectivity index (χ0) is 18.9. The van der Waals surface area contributed by atoms with Crippen molar-refractivity contribution in [3.05, 3.63) is 41.3 Å². The van der Waals surface area contributed by atoms with Crippen molar-refractivity contribution in [1.29, 1.82) is 0 Å². The van der Waals surface area contributed by atoms with Gasteiger partial charge in [-0.25, -0.2) is 4.79 Å². The number of amides is 1. The van der Waals surface area contributed by atoms with Gasteiger partial charge in [0.05, 0.1) is 6.61 Å². The maximum Gasteiger partial charge on any atom is 0.341 e. The number of nitrogens with one attached hydrogen (secondary N) is 1. The summed E-state index contributed by atoms with van der Waals surface area (Å²) < 4.78 is 10.0. The van der Waals surface area contributed by atoms with E-state index in [1.165, 1.54) is 11.3 Å². The first kappa shape index (κ1) is 19.7. The molecule has 0 saturated carbocycles. The number of carbonyl (C=O) groups excluding carboxylic acids is 3. The number of thiophene rings is 1. The van der Waals surface area contributed by atoms with Gasteiger partial charge in [0.2, 0.25) is 0 Å². The summed E-state index contributed by atoms with van der Waals surface area (Å²) in [6.07, 6.45) is 0.914. The third kappa shape index (κ3) is 5.16. The Hall–Kier alpha value is -2.67. The maximum absolute atomic E-state index is 12.4. The van der Waals surface area contributed by atoms with E-state index in [1.54, 1.807) is 12.3 Å². The first-order valence-corrected chi connectivity index (χ1v) is 9.24. The molecule has 26 heavy (non-hydrogen) atoms. The van der Waals surface area contributed by atoms with Crippen LogP contribution in [0.1, 0.15) is 37.0 Å². The van der Waals surface area contributed by atoms with Crippen molar-refractivity contribution in [2.24, 2.45) is 0 Å². The molecule has 0 saturated heterocycles. The van der Waals surface area contributed by atoms with Crippen LogP contribution in [-0.4, -0.2) is 31.1 Å². The summed E-state index contributed by atoms with van der Waals surface area (Å²) in [6.45, 7) is 3.41. The largest absolute Gasteiger partial charge is 0.462 e. The van der Waals surface area contributed by atoms with Crippen LogP contribution in [0.5, 0.6) is 0 Å². The van der Waals surface area contributed by atoms with Gasteiger partial charge < -0.3 is 14.8 Å². The Labute approximate surface area is 156 Å². The second kappa shape index (κ2) is 9.72. The fourth-order valence-electron chi connectivity index (χ4n) is 2.27. The number of benzene rings is 1. The summed E-state index contributed by atoms with van der Waals surface area (Å²) in [4.78, 5) is 35.8. The summed E-state index contributed by atoms with van der Waals surface area (Å²) >= 11 is 1.22. The van der Waals surface area contributed by atoms with Gasteiger partial charge in [-0.3, -0.25) is 9.59 Å². The van der Waals surface area contributed by atoms with Crippen molar-refractivity contribution in [3.63, 3.8) is 0 Å². The third-order valence-corrected chi connectivity index (χ3v) is 4.32. The topological polar surface area (TPSA) is 81.7 Å². The van der Waals surface area contributed by atoms with Crippen molar-refractivity contribution in [3.8, 4) is 11.1 Å². The highest BCUT2D eigenvalue weighted by molar-refractivity contribution is 7.15. The van der Waals surface area contributed by atoms with Gasteiger partial charge in [-0.15, -0.1) is 11.3 Å². The molecular weight excluding hydrogens is 354 g/mol. The molecule has 138 valence electrons. The van der Waals surface area contributed by atoms with E-state index in [1.807, 2.05) is 37.3 Å². The second-order valence-electron chi connectivity index (χ2n) is 5.40. The molecule has 1 heterocycles. The lowest BCUT2D eigenvalue weighted by molar-refractivity contribution is -0.147. The second-order valence-corrected chi connectivity index (χ2v) is 6.28. The van der Waals surface area contributed by atoms with Crippen LogP contribution in [0, 0.1) is 0 Å². The van der Waals surface area contributed by atoms with Gasteiger partial charge in [-0.1, -0.05) is 37.3 Å². The van der Waals surface area contributed by atoms with Crippen LogP contribution in [0.15, 0.2) is 35.7 Å². The molecule has 1 aromatic carbocycles. The zero-order valence-electron chi connectivity index (χ0n) is 14.7. The monoisotopic (exact) mass is 375 g/mol. The third-order valence-electron chi connectivity index (χ3n) is 3.43. The zero-order valence-corrected chi connectivity index (χ0v) is 15.6. The molecule has 0 aliphatic carbocycles.